The molecule has 1 aromatic heterocycles. The predicted molar refractivity (Wildman–Crippen MR) is 124 cm³/mol. The topological polar surface area (TPSA) is 101 Å². The molecule has 7 nitrogen and oxygen atoms in total. The van der Waals surface area contributed by atoms with Crippen molar-refractivity contribution in [2.75, 3.05) is 25.1 Å². The zero-order chi connectivity index (χ0) is 23.8. The van der Waals surface area contributed by atoms with Gasteiger partial charge in [0.1, 0.15) is 17.7 Å². The molecule has 1 aliphatic rings. The van der Waals surface area contributed by atoms with E-state index in [1.807, 2.05) is 0 Å². The highest BCUT2D eigenvalue weighted by molar-refractivity contribution is 6.33. The molecule has 178 valence electrons. The Hall–Kier alpha value is -2.71. The van der Waals surface area contributed by atoms with Gasteiger partial charge in [0.05, 0.1) is 10.6 Å². The van der Waals surface area contributed by atoms with Crippen LogP contribution in [0.25, 0.3) is 0 Å². The summed E-state index contributed by atoms with van der Waals surface area (Å²) in [6.07, 6.45) is 3.96. The van der Waals surface area contributed by atoms with Crippen LogP contribution in [0.15, 0.2) is 30.3 Å². The highest BCUT2D eigenvalue weighted by Crippen LogP contribution is 2.21. The number of carboxylic acids is 1. The van der Waals surface area contributed by atoms with E-state index in [0.29, 0.717) is 6.61 Å². The predicted octanol–water partition coefficient (Wildman–Crippen LogP) is 4.09. The van der Waals surface area contributed by atoms with E-state index in [-0.39, 0.29) is 29.5 Å². The van der Waals surface area contributed by atoms with Gasteiger partial charge < -0.3 is 20.5 Å². The lowest BCUT2D eigenvalue weighted by molar-refractivity contribution is -0.139. The minimum absolute atomic E-state index is 0.0535. The van der Waals surface area contributed by atoms with Crippen molar-refractivity contribution >= 4 is 29.3 Å². The summed E-state index contributed by atoms with van der Waals surface area (Å²) in [7, 11) is 0. The van der Waals surface area contributed by atoms with Crippen molar-refractivity contribution in [2.24, 2.45) is 5.92 Å². The van der Waals surface area contributed by atoms with Gasteiger partial charge in [0, 0.05) is 31.9 Å². The van der Waals surface area contributed by atoms with E-state index in [1.54, 1.807) is 0 Å². The van der Waals surface area contributed by atoms with Gasteiger partial charge in [-0.25, -0.2) is 14.2 Å². The van der Waals surface area contributed by atoms with Crippen molar-refractivity contribution in [1.29, 1.82) is 0 Å². The number of fused-ring (bicyclic) bond motifs is 1. The summed E-state index contributed by atoms with van der Waals surface area (Å²) < 4.78 is 19.5. The molecule has 0 aliphatic carbocycles. The Bertz CT molecular complexity index is 968. The second-order valence-corrected chi connectivity index (χ2v) is 8.72. The lowest BCUT2D eigenvalue weighted by Crippen LogP contribution is -2.42. The van der Waals surface area contributed by atoms with E-state index in [9.17, 15) is 19.1 Å². The van der Waals surface area contributed by atoms with E-state index >= 15 is 0 Å². The number of aliphatic carboxylic acids is 1. The number of ether oxygens (including phenoxy) is 1. The lowest BCUT2D eigenvalue weighted by atomic mass is 10.0. The minimum Gasteiger partial charge on any atom is -0.480 e. The van der Waals surface area contributed by atoms with Crippen molar-refractivity contribution < 1.29 is 23.8 Å². The number of rotatable bonds is 11. The molecule has 0 saturated heterocycles. The average molecular weight is 478 g/mol. The summed E-state index contributed by atoms with van der Waals surface area (Å²) >= 11 is 5.88. The number of hydrogen-bond donors (Lipinski definition) is 3. The van der Waals surface area contributed by atoms with Gasteiger partial charge in [-0.05, 0) is 55.4 Å². The molecule has 2 heterocycles. The molecule has 1 aliphatic heterocycles. The van der Waals surface area contributed by atoms with Gasteiger partial charge in [0.15, 0.2) is 0 Å². The summed E-state index contributed by atoms with van der Waals surface area (Å²) in [4.78, 5) is 28.5. The Morgan fingerprint density at radius 1 is 1.30 bits per heavy atom. The molecule has 0 bridgehead atoms. The summed E-state index contributed by atoms with van der Waals surface area (Å²) in [5.74, 6) is -1.66. The maximum absolute atomic E-state index is 13.9. The Morgan fingerprint density at radius 2 is 2.12 bits per heavy atom. The Morgan fingerprint density at radius 3 is 2.88 bits per heavy atom. The Labute approximate surface area is 197 Å². The molecule has 0 fully saturated rings. The van der Waals surface area contributed by atoms with E-state index < -0.39 is 23.7 Å². The van der Waals surface area contributed by atoms with Crippen molar-refractivity contribution in [1.82, 2.24) is 10.3 Å². The van der Waals surface area contributed by atoms with Gasteiger partial charge in [-0.1, -0.05) is 30.7 Å². The first-order valence-corrected chi connectivity index (χ1v) is 11.5. The first kappa shape index (κ1) is 24.9. The van der Waals surface area contributed by atoms with Gasteiger partial charge in [-0.2, -0.15) is 0 Å². The van der Waals surface area contributed by atoms with E-state index in [4.69, 9.17) is 21.3 Å². The van der Waals surface area contributed by atoms with Crippen molar-refractivity contribution in [3.8, 4) is 0 Å². The van der Waals surface area contributed by atoms with Crippen LogP contribution in [0.3, 0.4) is 0 Å². The third kappa shape index (κ3) is 7.14. The van der Waals surface area contributed by atoms with Crippen LogP contribution < -0.4 is 10.6 Å². The number of benzene rings is 1. The SMILES string of the molecule is C[C@H](CCc1ccc2c(n1)NCCC2)COCC[C@@H](NC(=O)c1c(F)cccc1Cl)C(=O)O. The number of pyridine rings is 1. The quantitative estimate of drug-likeness (QED) is 0.421. The van der Waals surface area contributed by atoms with Crippen LogP contribution in [0.1, 0.15) is 47.8 Å². The molecule has 1 aromatic carbocycles. The smallest absolute Gasteiger partial charge is 0.326 e. The highest BCUT2D eigenvalue weighted by atomic mass is 35.5. The molecule has 3 N–H and O–H groups in total. The molecular weight excluding hydrogens is 449 g/mol. The van der Waals surface area contributed by atoms with E-state index in [0.717, 1.165) is 49.8 Å². The molecule has 3 rings (SSSR count). The lowest BCUT2D eigenvalue weighted by Gasteiger charge is -2.18. The second kappa shape index (κ2) is 12.0. The molecule has 0 saturated carbocycles. The number of nitrogens with one attached hydrogen (secondary N) is 2. The number of aromatic nitrogens is 1. The average Bonchev–Trinajstić information content (AvgIpc) is 2.79. The molecule has 9 heteroatoms. The van der Waals surface area contributed by atoms with Gasteiger partial charge in [0.25, 0.3) is 5.91 Å². The summed E-state index contributed by atoms with van der Waals surface area (Å²) in [5, 5.41) is 15.0. The summed E-state index contributed by atoms with van der Waals surface area (Å²) in [5.41, 5.74) is 1.93. The molecule has 1 amide bonds. The van der Waals surface area contributed by atoms with Crippen LogP contribution in [0, 0.1) is 11.7 Å². The maximum atomic E-state index is 13.9. The molecule has 0 radical (unpaired) electrons. The van der Waals surface area contributed by atoms with E-state index in [2.05, 4.69) is 29.7 Å². The van der Waals surface area contributed by atoms with Gasteiger partial charge in [-0.3, -0.25) is 4.79 Å². The van der Waals surface area contributed by atoms with Crippen LogP contribution in [-0.2, 0) is 22.4 Å². The van der Waals surface area contributed by atoms with Crippen molar-refractivity contribution in [3.63, 3.8) is 0 Å². The third-order valence-corrected chi connectivity index (χ3v) is 5.91. The number of nitrogens with zero attached hydrogens (tertiary/aromatic N) is 1. The number of carboxylic acid groups (broad SMARTS) is 1. The normalized spacial score (nSPS) is 14.6. The second-order valence-electron chi connectivity index (χ2n) is 8.31. The monoisotopic (exact) mass is 477 g/mol. The van der Waals surface area contributed by atoms with Gasteiger partial charge in [0.2, 0.25) is 0 Å². The van der Waals surface area contributed by atoms with Crippen molar-refractivity contribution in [2.45, 2.75) is 45.1 Å². The molecule has 2 atom stereocenters. The minimum atomic E-state index is -1.22. The number of halogens is 2. The van der Waals surface area contributed by atoms with Crippen LogP contribution in [0.4, 0.5) is 10.2 Å². The fraction of sp³-hybridized carbons (Fsp3) is 0.458. The first-order chi connectivity index (χ1) is 15.8. The maximum Gasteiger partial charge on any atom is 0.326 e. The number of hydrogen-bond acceptors (Lipinski definition) is 5. The van der Waals surface area contributed by atoms with Crippen LogP contribution in [0.2, 0.25) is 5.02 Å². The number of aryl methyl sites for hydroxylation is 2. The molecule has 2 aromatic rings. The zero-order valence-electron chi connectivity index (χ0n) is 18.6. The molecular formula is C24H29ClFN3O4. The standard InChI is InChI=1S/C24H29ClFN3O4/c1-15(7-9-17-10-8-16-4-3-12-27-22(16)28-17)14-33-13-11-20(24(31)32)29-23(30)21-18(25)5-2-6-19(21)26/h2,5-6,8,10,15,20H,3-4,7,9,11-14H2,1H3,(H,27,28)(H,29,30)(H,31,32)/t15-,20-/m1/s1. The summed E-state index contributed by atoms with van der Waals surface area (Å²) in [6, 6.07) is 6.83. The highest BCUT2D eigenvalue weighted by Gasteiger charge is 2.24. The van der Waals surface area contributed by atoms with Gasteiger partial charge >= 0.3 is 5.97 Å². The number of anilines is 1. The molecule has 0 unspecified atom stereocenters. The van der Waals surface area contributed by atoms with Gasteiger partial charge in [-0.15, -0.1) is 0 Å². The van der Waals surface area contributed by atoms with Crippen LogP contribution in [0.5, 0.6) is 0 Å². The first-order valence-electron chi connectivity index (χ1n) is 11.1. The number of amides is 1. The van der Waals surface area contributed by atoms with Crippen molar-refractivity contribution in [3.05, 3.63) is 58.0 Å². The largest absolute Gasteiger partial charge is 0.480 e. The molecule has 33 heavy (non-hydrogen) atoms. The fourth-order valence-corrected chi connectivity index (χ4v) is 3.92. The Balaban J connectivity index is 1.40. The number of carbonyl (C=O) groups excluding carboxylic acids is 1. The van der Waals surface area contributed by atoms with Crippen LogP contribution >= 0.6 is 11.6 Å². The molecule has 0 spiro atoms. The Kier molecular flexibility index (Phi) is 9.03. The van der Waals surface area contributed by atoms with E-state index in [1.165, 1.54) is 17.7 Å². The number of carbonyl (C=O) groups is 2. The fourth-order valence-electron chi connectivity index (χ4n) is 3.67. The summed E-state index contributed by atoms with van der Waals surface area (Å²) in [6.45, 7) is 3.63. The van der Waals surface area contributed by atoms with Crippen LogP contribution in [-0.4, -0.2) is 47.8 Å². The third-order valence-electron chi connectivity index (χ3n) is 5.59. The zero-order valence-corrected chi connectivity index (χ0v) is 19.3.